The van der Waals surface area contributed by atoms with Crippen molar-refractivity contribution in [1.82, 2.24) is 20.6 Å². The third-order valence-corrected chi connectivity index (χ3v) is 5.10. The minimum absolute atomic E-state index is 0.0284. The second-order valence-electron chi connectivity index (χ2n) is 7.66. The summed E-state index contributed by atoms with van der Waals surface area (Å²) in [6.45, 7) is 3.16. The lowest BCUT2D eigenvalue weighted by molar-refractivity contribution is -0.192. The predicted molar refractivity (Wildman–Crippen MR) is 127 cm³/mol. The maximum Gasteiger partial charge on any atom is 0.490 e. The van der Waals surface area contributed by atoms with Crippen LogP contribution < -0.4 is 10.6 Å². The van der Waals surface area contributed by atoms with Crippen LogP contribution in [0.3, 0.4) is 0 Å². The molecular weight excluding hydrogens is 477 g/mol. The van der Waals surface area contributed by atoms with E-state index in [0.717, 1.165) is 40.2 Å². The van der Waals surface area contributed by atoms with E-state index in [1.165, 1.54) is 6.08 Å². The van der Waals surface area contributed by atoms with E-state index in [4.69, 9.17) is 9.90 Å². The molecule has 8 nitrogen and oxygen atoms in total. The number of hydrogen-bond acceptors (Lipinski definition) is 4. The quantitative estimate of drug-likeness (QED) is 0.397. The highest BCUT2D eigenvalue weighted by Crippen LogP contribution is 2.27. The summed E-state index contributed by atoms with van der Waals surface area (Å²) in [5, 5.41) is 12.7. The highest BCUT2D eigenvalue weighted by molar-refractivity contribution is 5.97. The number of aromatic nitrogens is 2. The van der Waals surface area contributed by atoms with E-state index < -0.39 is 12.1 Å². The molecule has 3 aromatic rings. The Morgan fingerprint density at radius 2 is 1.83 bits per heavy atom. The third kappa shape index (κ3) is 6.81. The number of nitrogens with one attached hydrogen (secondary N) is 3. The number of aromatic amines is 1. The molecule has 0 aliphatic carbocycles. The maximum absolute atomic E-state index is 12.0. The number of carbonyl (C=O) groups is 3. The zero-order chi connectivity index (χ0) is 26.3. The first-order valence-corrected chi connectivity index (χ1v) is 10.9. The monoisotopic (exact) mass is 500 g/mol. The lowest BCUT2D eigenvalue weighted by Gasteiger charge is -2.10. The fourth-order valence-corrected chi connectivity index (χ4v) is 3.37. The molecule has 0 saturated carbocycles. The molecule has 1 aromatic carbocycles. The van der Waals surface area contributed by atoms with Crippen LogP contribution in [-0.2, 0) is 16.0 Å². The van der Waals surface area contributed by atoms with Gasteiger partial charge in [-0.15, -0.1) is 0 Å². The second kappa shape index (κ2) is 11.3. The number of rotatable bonds is 5. The van der Waals surface area contributed by atoms with E-state index in [-0.39, 0.29) is 11.8 Å². The van der Waals surface area contributed by atoms with Crippen molar-refractivity contribution in [3.05, 3.63) is 71.6 Å². The molecule has 36 heavy (non-hydrogen) atoms. The predicted octanol–water partition coefficient (Wildman–Crippen LogP) is 3.81. The minimum Gasteiger partial charge on any atom is -0.475 e. The van der Waals surface area contributed by atoms with Crippen LogP contribution in [0, 0.1) is 0 Å². The summed E-state index contributed by atoms with van der Waals surface area (Å²) in [5.41, 5.74) is 6.36. The lowest BCUT2D eigenvalue weighted by atomic mass is 10.0. The van der Waals surface area contributed by atoms with Gasteiger partial charge in [0.05, 0.1) is 11.3 Å². The molecule has 188 valence electrons. The molecule has 0 saturated heterocycles. The Morgan fingerprint density at radius 1 is 1.14 bits per heavy atom. The van der Waals surface area contributed by atoms with Gasteiger partial charge in [0.2, 0.25) is 5.91 Å². The molecule has 1 aliphatic heterocycles. The van der Waals surface area contributed by atoms with E-state index in [0.29, 0.717) is 18.7 Å². The summed E-state index contributed by atoms with van der Waals surface area (Å²) in [6, 6.07) is 13.7. The van der Waals surface area contributed by atoms with Gasteiger partial charge in [-0.2, -0.15) is 13.2 Å². The fourth-order valence-electron chi connectivity index (χ4n) is 3.37. The van der Waals surface area contributed by atoms with Gasteiger partial charge in [-0.1, -0.05) is 24.3 Å². The van der Waals surface area contributed by atoms with Gasteiger partial charge in [-0.05, 0) is 36.8 Å². The highest BCUT2D eigenvalue weighted by atomic mass is 19.4. The summed E-state index contributed by atoms with van der Waals surface area (Å²) in [6.07, 6.45) is 0.811. The summed E-state index contributed by atoms with van der Waals surface area (Å²) in [4.78, 5) is 40.3. The molecule has 2 aromatic heterocycles. The zero-order valence-electron chi connectivity index (χ0n) is 19.1. The van der Waals surface area contributed by atoms with Crippen molar-refractivity contribution in [3.63, 3.8) is 0 Å². The Balaban J connectivity index is 0.000000454. The Morgan fingerprint density at radius 3 is 2.44 bits per heavy atom. The normalized spacial score (nSPS) is 12.8. The molecule has 11 heteroatoms. The number of likely N-dealkylation sites (N-methyl/N-ethyl adjacent to an activating group) is 1. The first-order valence-electron chi connectivity index (χ1n) is 10.9. The topological polar surface area (TPSA) is 124 Å². The number of hydrogen-bond donors (Lipinski definition) is 4. The van der Waals surface area contributed by atoms with Gasteiger partial charge in [0.25, 0.3) is 5.91 Å². The van der Waals surface area contributed by atoms with Crippen molar-refractivity contribution < 1.29 is 32.7 Å². The van der Waals surface area contributed by atoms with Gasteiger partial charge in [0, 0.05) is 54.3 Å². The standard InChI is InChI=1S/C23H22N4O2.C2HF3O2/c1-2-24-22(28)8-5-15-3-6-16(7-4-15)20-13-17(9-11-25-20)21-14-18-19(27-21)10-12-26-23(18)29;3-2(4,5)1(6)7/h3-9,11,13-14,27H,2,10,12H2,1H3,(H,24,28)(H,26,29);(H,6,7)/b8-5+;. The Kier molecular flexibility index (Phi) is 8.26. The van der Waals surface area contributed by atoms with Crippen LogP contribution in [0.2, 0.25) is 0 Å². The second-order valence-corrected chi connectivity index (χ2v) is 7.66. The van der Waals surface area contributed by atoms with E-state index in [9.17, 15) is 22.8 Å². The number of alkyl halides is 3. The van der Waals surface area contributed by atoms with Crippen LogP contribution in [0.4, 0.5) is 13.2 Å². The number of fused-ring (bicyclic) bond motifs is 1. The van der Waals surface area contributed by atoms with Crippen molar-refractivity contribution in [3.8, 4) is 22.5 Å². The Hall–Kier alpha value is -4.41. The van der Waals surface area contributed by atoms with Crippen molar-refractivity contribution in [1.29, 1.82) is 0 Å². The summed E-state index contributed by atoms with van der Waals surface area (Å²) >= 11 is 0. The highest BCUT2D eigenvalue weighted by Gasteiger charge is 2.38. The molecule has 0 spiro atoms. The van der Waals surface area contributed by atoms with Crippen LogP contribution in [0.15, 0.2) is 54.7 Å². The minimum atomic E-state index is -5.08. The third-order valence-electron chi connectivity index (χ3n) is 5.10. The van der Waals surface area contributed by atoms with Crippen LogP contribution in [-0.4, -0.2) is 52.1 Å². The zero-order valence-corrected chi connectivity index (χ0v) is 19.1. The maximum atomic E-state index is 12.0. The number of aliphatic carboxylic acids is 1. The number of amides is 2. The van der Waals surface area contributed by atoms with E-state index >= 15 is 0 Å². The Bertz CT molecular complexity index is 1280. The van der Waals surface area contributed by atoms with E-state index in [1.54, 1.807) is 12.3 Å². The molecule has 0 unspecified atom stereocenters. The van der Waals surface area contributed by atoms with Crippen molar-refractivity contribution in [2.24, 2.45) is 0 Å². The van der Waals surface area contributed by atoms with Crippen molar-refractivity contribution >= 4 is 23.9 Å². The first-order chi connectivity index (χ1) is 17.1. The van der Waals surface area contributed by atoms with Gasteiger partial charge >= 0.3 is 12.1 Å². The van der Waals surface area contributed by atoms with Crippen LogP contribution in [0.25, 0.3) is 28.6 Å². The molecule has 0 fully saturated rings. The van der Waals surface area contributed by atoms with Crippen molar-refractivity contribution in [2.75, 3.05) is 13.1 Å². The molecule has 4 rings (SSSR count). The lowest BCUT2D eigenvalue weighted by Crippen LogP contribution is -2.31. The molecule has 0 radical (unpaired) electrons. The van der Waals surface area contributed by atoms with Gasteiger partial charge in [-0.25, -0.2) is 4.79 Å². The fraction of sp³-hybridized carbons (Fsp3) is 0.200. The van der Waals surface area contributed by atoms with Crippen LogP contribution in [0.5, 0.6) is 0 Å². The molecule has 3 heterocycles. The smallest absolute Gasteiger partial charge is 0.475 e. The first kappa shape index (κ1) is 26.2. The van der Waals surface area contributed by atoms with Crippen molar-refractivity contribution in [2.45, 2.75) is 19.5 Å². The van der Waals surface area contributed by atoms with Crippen LogP contribution >= 0.6 is 0 Å². The molecular formula is C25H23F3N4O4. The largest absolute Gasteiger partial charge is 0.490 e. The average Bonchev–Trinajstić information content (AvgIpc) is 3.29. The molecule has 1 aliphatic rings. The number of halogens is 3. The SMILES string of the molecule is CCNC(=O)/C=C/c1ccc(-c2cc(-c3cc4c([nH]3)CCNC4=O)ccn2)cc1.O=C(O)C(F)(F)F. The average molecular weight is 500 g/mol. The van der Waals surface area contributed by atoms with Gasteiger partial charge in [-0.3, -0.25) is 14.6 Å². The molecule has 4 N–H and O–H groups in total. The van der Waals surface area contributed by atoms with Gasteiger partial charge < -0.3 is 20.7 Å². The van der Waals surface area contributed by atoms with Gasteiger partial charge in [0.15, 0.2) is 0 Å². The summed E-state index contributed by atoms with van der Waals surface area (Å²) < 4.78 is 31.7. The molecule has 2 amide bonds. The number of H-pyrrole nitrogens is 1. The number of carboxylic acid groups (broad SMARTS) is 1. The molecule has 0 bridgehead atoms. The number of pyridine rings is 1. The summed E-state index contributed by atoms with van der Waals surface area (Å²) in [7, 11) is 0. The van der Waals surface area contributed by atoms with Gasteiger partial charge in [0.1, 0.15) is 0 Å². The van der Waals surface area contributed by atoms with E-state index in [1.807, 2.05) is 49.4 Å². The van der Waals surface area contributed by atoms with Crippen LogP contribution in [0.1, 0.15) is 28.5 Å². The number of carbonyl (C=O) groups excluding carboxylic acids is 2. The number of nitrogens with zero attached hydrogens (tertiary/aromatic N) is 1. The number of carboxylic acids is 1. The summed E-state index contributed by atoms with van der Waals surface area (Å²) in [5.74, 6) is -2.89. The Labute approximate surface area is 204 Å². The van der Waals surface area contributed by atoms with E-state index in [2.05, 4.69) is 20.6 Å². The number of benzene rings is 1. The molecule has 0 atom stereocenters.